The van der Waals surface area contributed by atoms with Gasteiger partial charge in [0.15, 0.2) is 14.9 Å². The van der Waals surface area contributed by atoms with Crippen molar-refractivity contribution in [2.24, 2.45) is 15.5 Å². The lowest BCUT2D eigenvalue weighted by Crippen LogP contribution is -2.31. The van der Waals surface area contributed by atoms with E-state index < -0.39 is 20.7 Å². The first-order valence-electron chi connectivity index (χ1n) is 5.83. The monoisotopic (exact) mass is 301 g/mol. The maximum atomic E-state index is 12.3. The van der Waals surface area contributed by atoms with Crippen LogP contribution in [0.5, 0.6) is 0 Å². The lowest BCUT2D eigenvalue weighted by molar-refractivity contribution is 0.0123. The number of hydrogen-bond donors (Lipinski definition) is 0. The summed E-state index contributed by atoms with van der Waals surface area (Å²) in [6.07, 6.45) is 0.266. The second kappa shape index (κ2) is 4.80. The van der Waals surface area contributed by atoms with Crippen LogP contribution in [0.4, 0.5) is 0 Å². The van der Waals surface area contributed by atoms with Crippen LogP contribution in [0.3, 0.4) is 0 Å². The third-order valence-electron chi connectivity index (χ3n) is 3.07. The molecular formula is C11H15N3O3S2. The Morgan fingerprint density at radius 3 is 2.79 bits per heavy atom. The second-order valence-electron chi connectivity index (χ2n) is 5.29. The van der Waals surface area contributed by atoms with E-state index in [1.165, 1.54) is 0 Å². The Kier molecular flexibility index (Phi) is 3.62. The highest BCUT2D eigenvalue weighted by Gasteiger charge is 2.40. The Morgan fingerprint density at radius 2 is 2.26 bits per heavy atom. The van der Waals surface area contributed by atoms with Crippen molar-refractivity contribution in [3.05, 3.63) is 0 Å². The average molecular weight is 301 g/mol. The zero-order chi connectivity index (χ0) is 14.3. The summed E-state index contributed by atoms with van der Waals surface area (Å²) in [4.78, 5) is 5.09. The van der Waals surface area contributed by atoms with E-state index in [2.05, 4.69) is 15.6 Å². The molecule has 2 unspecified atom stereocenters. The molecule has 0 N–H and O–H groups in total. The predicted octanol–water partition coefficient (Wildman–Crippen LogP) is 1.54. The van der Waals surface area contributed by atoms with E-state index in [-0.39, 0.29) is 23.1 Å². The first-order valence-corrected chi connectivity index (χ1v) is 8.32. The van der Waals surface area contributed by atoms with E-state index in [0.29, 0.717) is 5.71 Å². The minimum Gasteiger partial charge on any atom is -0.389 e. The second-order valence-corrected chi connectivity index (χ2v) is 8.22. The maximum Gasteiger partial charge on any atom is 0.195 e. The van der Waals surface area contributed by atoms with Crippen molar-refractivity contribution in [1.29, 1.82) is 5.26 Å². The van der Waals surface area contributed by atoms with Crippen molar-refractivity contribution in [3.63, 3.8) is 0 Å². The summed E-state index contributed by atoms with van der Waals surface area (Å²) in [6.45, 7) is 5.33. The van der Waals surface area contributed by atoms with Crippen LogP contribution in [-0.4, -0.2) is 35.8 Å². The van der Waals surface area contributed by atoms with Crippen LogP contribution in [0.25, 0.3) is 0 Å². The highest BCUT2D eigenvalue weighted by atomic mass is 32.2. The topological polar surface area (TPSA) is 91.9 Å². The number of hydrogen-bond acceptors (Lipinski definition) is 7. The van der Waals surface area contributed by atoms with E-state index in [1.54, 1.807) is 20.8 Å². The van der Waals surface area contributed by atoms with Gasteiger partial charge in [0.2, 0.25) is 0 Å². The Hall–Kier alpha value is -1.07. The fourth-order valence-electron chi connectivity index (χ4n) is 1.92. The van der Waals surface area contributed by atoms with Gasteiger partial charge in [-0.2, -0.15) is 5.26 Å². The van der Waals surface area contributed by atoms with Gasteiger partial charge < -0.3 is 4.84 Å². The molecule has 0 radical (unpaired) electrons. The van der Waals surface area contributed by atoms with Gasteiger partial charge in [0.1, 0.15) is 10.9 Å². The number of sulfone groups is 1. The minimum atomic E-state index is -3.51. The summed E-state index contributed by atoms with van der Waals surface area (Å²) in [5, 5.41) is 12.3. The number of rotatable bonds is 2. The molecular weight excluding hydrogens is 286 g/mol. The van der Waals surface area contributed by atoms with E-state index in [4.69, 9.17) is 10.1 Å². The third kappa shape index (κ3) is 2.92. The summed E-state index contributed by atoms with van der Waals surface area (Å²) in [7, 11) is -3.51. The highest BCUT2D eigenvalue weighted by Crippen LogP contribution is 2.32. The molecule has 0 spiro atoms. The summed E-state index contributed by atoms with van der Waals surface area (Å²) < 4.78 is 28.7. The summed E-state index contributed by atoms with van der Waals surface area (Å²) >= 11 is 1.13. The van der Waals surface area contributed by atoms with Crippen LogP contribution in [0, 0.1) is 17.2 Å². The zero-order valence-corrected chi connectivity index (χ0v) is 12.6. The van der Waals surface area contributed by atoms with Crippen molar-refractivity contribution in [2.45, 2.75) is 38.0 Å². The molecule has 104 valence electrons. The van der Waals surface area contributed by atoms with Crippen molar-refractivity contribution in [3.8, 4) is 6.07 Å². The SMILES string of the molecule is CC1=NSC(C#N)C1CS(=O)(=O)C1=NOC(C)(C)C1. The molecule has 0 amide bonds. The van der Waals surface area contributed by atoms with Crippen molar-refractivity contribution in [1.82, 2.24) is 0 Å². The molecule has 0 bridgehead atoms. The van der Waals surface area contributed by atoms with Gasteiger partial charge in [-0.3, -0.25) is 0 Å². The van der Waals surface area contributed by atoms with Crippen LogP contribution in [-0.2, 0) is 14.7 Å². The maximum absolute atomic E-state index is 12.3. The van der Waals surface area contributed by atoms with Gasteiger partial charge in [0, 0.05) is 18.1 Å². The van der Waals surface area contributed by atoms with E-state index in [0.717, 1.165) is 11.9 Å². The predicted molar refractivity (Wildman–Crippen MR) is 74.6 cm³/mol. The standard InChI is InChI=1S/C11H15N3O3S2/c1-7-8(9(5-12)18-14-7)6-19(15,16)10-4-11(2,3)17-13-10/h8-9H,4,6H2,1-3H3. The third-order valence-corrected chi connectivity index (χ3v) is 5.86. The van der Waals surface area contributed by atoms with Crippen LogP contribution in [0.2, 0.25) is 0 Å². The average Bonchev–Trinajstić information content (AvgIpc) is 2.83. The van der Waals surface area contributed by atoms with Gasteiger partial charge >= 0.3 is 0 Å². The Balaban J connectivity index is 2.15. The van der Waals surface area contributed by atoms with Crippen molar-refractivity contribution in [2.75, 3.05) is 5.75 Å². The molecule has 19 heavy (non-hydrogen) atoms. The lowest BCUT2D eigenvalue weighted by Gasteiger charge is -2.15. The molecule has 0 fully saturated rings. The zero-order valence-electron chi connectivity index (χ0n) is 11.0. The molecule has 0 aromatic heterocycles. The normalized spacial score (nSPS) is 29.4. The van der Waals surface area contributed by atoms with Gasteiger partial charge in [-0.05, 0) is 32.7 Å². The smallest absolute Gasteiger partial charge is 0.195 e. The van der Waals surface area contributed by atoms with Gasteiger partial charge in [-0.25, -0.2) is 12.8 Å². The van der Waals surface area contributed by atoms with Crippen LogP contribution < -0.4 is 0 Å². The minimum absolute atomic E-state index is 0.0684. The van der Waals surface area contributed by atoms with Gasteiger partial charge in [-0.15, -0.1) is 0 Å². The van der Waals surface area contributed by atoms with E-state index in [9.17, 15) is 8.42 Å². The number of nitrogens with zero attached hydrogens (tertiary/aromatic N) is 3. The molecule has 0 saturated heterocycles. The molecule has 6 nitrogen and oxygen atoms in total. The molecule has 0 saturated carbocycles. The van der Waals surface area contributed by atoms with Gasteiger partial charge in [0.25, 0.3) is 0 Å². The lowest BCUT2D eigenvalue weighted by atomic mass is 10.0. The Morgan fingerprint density at radius 1 is 1.58 bits per heavy atom. The Labute approximate surface area is 117 Å². The summed E-state index contributed by atoms with van der Waals surface area (Å²) in [6, 6.07) is 2.09. The quantitative estimate of drug-likeness (QED) is 0.721. The molecule has 2 aliphatic rings. The van der Waals surface area contributed by atoms with Gasteiger partial charge in [0.05, 0.1) is 11.8 Å². The molecule has 0 aliphatic carbocycles. The van der Waals surface area contributed by atoms with Crippen LogP contribution in [0.15, 0.2) is 9.55 Å². The van der Waals surface area contributed by atoms with E-state index in [1.807, 2.05) is 0 Å². The molecule has 2 heterocycles. The summed E-state index contributed by atoms with van der Waals surface area (Å²) in [5.41, 5.74) is 0.115. The van der Waals surface area contributed by atoms with Crippen LogP contribution >= 0.6 is 11.9 Å². The van der Waals surface area contributed by atoms with Crippen LogP contribution in [0.1, 0.15) is 27.2 Å². The first kappa shape index (κ1) is 14.3. The molecule has 0 aromatic carbocycles. The van der Waals surface area contributed by atoms with Gasteiger partial charge in [-0.1, -0.05) is 5.16 Å². The fraction of sp³-hybridized carbons (Fsp3) is 0.727. The largest absolute Gasteiger partial charge is 0.389 e. The van der Waals surface area contributed by atoms with Crippen molar-refractivity contribution >= 4 is 32.5 Å². The molecule has 0 aromatic rings. The molecule has 8 heteroatoms. The van der Waals surface area contributed by atoms with Crippen molar-refractivity contribution < 1.29 is 13.3 Å². The molecule has 2 rings (SSSR count). The number of nitriles is 1. The fourth-order valence-corrected chi connectivity index (χ4v) is 4.77. The first-order chi connectivity index (χ1) is 8.75. The van der Waals surface area contributed by atoms with E-state index >= 15 is 0 Å². The number of oxime groups is 1. The Bertz CT molecular complexity index is 587. The summed E-state index contributed by atoms with van der Waals surface area (Å²) in [5.74, 6) is -0.502. The highest BCUT2D eigenvalue weighted by molar-refractivity contribution is 8.06. The molecule has 2 aliphatic heterocycles. The molecule has 2 atom stereocenters.